The van der Waals surface area contributed by atoms with E-state index in [1.807, 2.05) is 19.1 Å². The highest BCUT2D eigenvalue weighted by molar-refractivity contribution is 7.98. The van der Waals surface area contributed by atoms with Gasteiger partial charge in [-0.3, -0.25) is 4.79 Å². The Bertz CT molecular complexity index is 1280. The van der Waals surface area contributed by atoms with Crippen molar-refractivity contribution in [2.45, 2.75) is 30.6 Å². The van der Waals surface area contributed by atoms with Gasteiger partial charge in [-0.2, -0.15) is 0 Å². The number of nitrogens with zero attached hydrogens (tertiary/aromatic N) is 5. The van der Waals surface area contributed by atoms with Crippen LogP contribution in [-0.2, 0) is 12.2 Å². The van der Waals surface area contributed by atoms with Gasteiger partial charge in [-0.15, -0.1) is 18.3 Å². The molecular weight excluding hydrogens is 481 g/mol. The van der Waals surface area contributed by atoms with Gasteiger partial charge >= 0.3 is 6.36 Å². The number of hydrogen-bond donors (Lipinski definition) is 1. The summed E-state index contributed by atoms with van der Waals surface area (Å²) in [4.78, 5) is 21.4. The zero-order chi connectivity index (χ0) is 24.8. The molecule has 0 radical (unpaired) electrons. The Labute approximate surface area is 202 Å². The summed E-state index contributed by atoms with van der Waals surface area (Å²) in [6, 6.07) is 14.2. The summed E-state index contributed by atoms with van der Waals surface area (Å²) >= 11 is 1.26. The number of carbonyl (C=O) groups excluding carboxylic acids is 1. The number of aryl methyl sites for hydroxylation is 1. The second-order valence-corrected chi connectivity index (χ2v) is 8.11. The molecule has 0 unspecified atom stereocenters. The summed E-state index contributed by atoms with van der Waals surface area (Å²) in [6.07, 6.45) is -0.735. The van der Waals surface area contributed by atoms with Gasteiger partial charge in [0.2, 0.25) is 0 Å². The first-order valence-corrected chi connectivity index (χ1v) is 11.4. The molecule has 0 atom stereocenters. The molecule has 0 aliphatic heterocycles. The predicted molar refractivity (Wildman–Crippen MR) is 123 cm³/mol. The number of aromatic nitrogens is 5. The smallest absolute Gasteiger partial charge is 0.406 e. The van der Waals surface area contributed by atoms with E-state index < -0.39 is 12.3 Å². The zero-order valence-electron chi connectivity index (χ0n) is 18.4. The van der Waals surface area contributed by atoms with Crippen molar-refractivity contribution in [3.63, 3.8) is 0 Å². The van der Waals surface area contributed by atoms with Gasteiger partial charge in [-0.1, -0.05) is 36.0 Å². The SMILES string of the molecule is CCc1ccc(NC(=O)c2nnn(-c3ccc(OC(F)(F)F)cc3)c2CSc2ncccn2)cc1. The van der Waals surface area contributed by atoms with Crippen molar-refractivity contribution in [2.24, 2.45) is 0 Å². The van der Waals surface area contributed by atoms with Gasteiger partial charge in [-0.05, 0) is 54.4 Å². The Morgan fingerprint density at radius 2 is 1.74 bits per heavy atom. The van der Waals surface area contributed by atoms with Gasteiger partial charge in [0.15, 0.2) is 10.9 Å². The number of halogens is 3. The molecule has 2 aromatic heterocycles. The molecule has 12 heteroatoms. The molecule has 2 aromatic carbocycles. The van der Waals surface area contributed by atoms with E-state index in [1.54, 1.807) is 30.6 Å². The van der Waals surface area contributed by atoms with Crippen LogP contribution in [0.5, 0.6) is 5.75 Å². The summed E-state index contributed by atoms with van der Waals surface area (Å²) in [6.45, 7) is 2.04. The van der Waals surface area contributed by atoms with E-state index in [-0.39, 0.29) is 17.2 Å². The summed E-state index contributed by atoms with van der Waals surface area (Å²) in [5.41, 5.74) is 2.63. The Hall–Kier alpha value is -3.93. The molecule has 0 fully saturated rings. The molecule has 4 aromatic rings. The number of alkyl halides is 3. The Balaban J connectivity index is 1.62. The van der Waals surface area contributed by atoms with Crippen molar-refractivity contribution < 1.29 is 22.7 Å². The van der Waals surface area contributed by atoms with Crippen LogP contribution in [0, 0.1) is 0 Å². The molecule has 8 nitrogen and oxygen atoms in total. The number of thioether (sulfide) groups is 1. The Kier molecular flexibility index (Phi) is 7.30. The number of carbonyl (C=O) groups is 1. The maximum absolute atomic E-state index is 13.0. The first kappa shape index (κ1) is 24.2. The minimum atomic E-state index is -4.80. The van der Waals surface area contributed by atoms with Crippen LogP contribution in [0.3, 0.4) is 0 Å². The molecule has 180 valence electrons. The second kappa shape index (κ2) is 10.6. The number of nitrogens with one attached hydrogen (secondary N) is 1. The molecule has 0 aliphatic rings. The molecule has 0 spiro atoms. The van der Waals surface area contributed by atoms with Gasteiger partial charge in [0.05, 0.1) is 11.4 Å². The molecule has 0 saturated carbocycles. The molecule has 0 saturated heterocycles. The van der Waals surface area contributed by atoms with E-state index in [9.17, 15) is 18.0 Å². The lowest BCUT2D eigenvalue weighted by Gasteiger charge is -2.11. The van der Waals surface area contributed by atoms with Gasteiger partial charge in [0.25, 0.3) is 5.91 Å². The molecule has 1 N–H and O–H groups in total. The minimum Gasteiger partial charge on any atom is -0.406 e. The van der Waals surface area contributed by atoms with Crippen molar-refractivity contribution >= 4 is 23.4 Å². The maximum Gasteiger partial charge on any atom is 0.573 e. The van der Waals surface area contributed by atoms with Crippen molar-refractivity contribution in [3.8, 4) is 11.4 Å². The van der Waals surface area contributed by atoms with E-state index in [0.717, 1.165) is 24.1 Å². The van der Waals surface area contributed by atoms with Gasteiger partial charge in [0, 0.05) is 23.8 Å². The highest BCUT2D eigenvalue weighted by Crippen LogP contribution is 2.26. The van der Waals surface area contributed by atoms with Crippen LogP contribution in [0.1, 0.15) is 28.7 Å². The van der Waals surface area contributed by atoms with E-state index in [0.29, 0.717) is 22.2 Å². The van der Waals surface area contributed by atoms with Crippen LogP contribution < -0.4 is 10.1 Å². The number of ether oxygens (including phenoxy) is 1. The van der Waals surface area contributed by atoms with Crippen molar-refractivity contribution in [1.82, 2.24) is 25.0 Å². The lowest BCUT2D eigenvalue weighted by Crippen LogP contribution is -2.17. The summed E-state index contributed by atoms with van der Waals surface area (Å²) in [5.74, 6) is -0.611. The van der Waals surface area contributed by atoms with Gasteiger partial charge in [-0.25, -0.2) is 14.6 Å². The lowest BCUT2D eigenvalue weighted by atomic mass is 10.1. The van der Waals surface area contributed by atoms with Crippen molar-refractivity contribution in [2.75, 3.05) is 5.32 Å². The fourth-order valence-corrected chi connectivity index (χ4v) is 3.91. The van der Waals surface area contributed by atoms with Crippen LogP contribution in [0.25, 0.3) is 5.69 Å². The Morgan fingerprint density at radius 1 is 1.06 bits per heavy atom. The average molecular weight is 501 g/mol. The lowest BCUT2D eigenvalue weighted by molar-refractivity contribution is -0.274. The molecule has 1 amide bonds. The van der Waals surface area contributed by atoms with E-state index >= 15 is 0 Å². The largest absolute Gasteiger partial charge is 0.573 e. The zero-order valence-corrected chi connectivity index (χ0v) is 19.2. The third kappa shape index (κ3) is 6.35. The number of hydrogen-bond acceptors (Lipinski definition) is 7. The van der Waals surface area contributed by atoms with E-state index in [1.165, 1.54) is 28.6 Å². The van der Waals surface area contributed by atoms with Crippen LogP contribution in [0.2, 0.25) is 0 Å². The highest BCUT2D eigenvalue weighted by atomic mass is 32.2. The summed E-state index contributed by atoms with van der Waals surface area (Å²) in [5, 5.41) is 11.4. The normalized spacial score (nSPS) is 11.3. The Morgan fingerprint density at radius 3 is 2.37 bits per heavy atom. The van der Waals surface area contributed by atoms with E-state index in [2.05, 4.69) is 30.3 Å². The first-order chi connectivity index (χ1) is 16.8. The predicted octanol–water partition coefficient (Wildman–Crippen LogP) is 5.06. The van der Waals surface area contributed by atoms with Crippen LogP contribution >= 0.6 is 11.8 Å². The van der Waals surface area contributed by atoms with Crippen LogP contribution in [0.4, 0.5) is 18.9 Å². The van der Waals surface area contributed by atoms with E-state index in [4.69, 9.17) is 0 Å². The number of anilines is 1. The van der Waals surface area contributed by atoms with Crippen LogP contribution in [0.15, 0.2) is 72.1 Å². The van der Waals surface area contributed by atoms with Gasteiger partial charge < -0.3 is 10.1 Å². The first-order valence-electron chi connectivity index (χ1n) is 10.4. The number of rotatable bonds is 8. The van der Waals surface area contributed by atoms with Crippen molar-refractivity contribution in [3.05, 3.63) is 83.9 Å². The molecule has 0 bridgehead atoms. The molecule has 4 rings (SSSR count). The highest BCUT2D eigenvalue weighted by Gasteiger charge is 2.31. The molecule has 2 heterocycles. The quantitative estimate of drug-likeness (QED) is 0.267. The monoisotopic (exact) mass is 500 g/mol. The van der Waals surface area contributed by atoms with Crippen molar-refractivity contribution in [1.29, 1.82) is 0 Å². The van der Waals surface area contributed by atoms with Crippen LogP contribution in [-0.4, -0.2) is 37.2 Å². The summed E-state index contributed by atoms with van der Waals surface area (Å²) in [7, 11) is 0. The number of benzene rings is 2. The average Bonchev–Trinajstić information content (AvgIpc) is 3.27. The van der Waals surface area contributed by atoms with Gasteiger partial charge in [0.1, 0.15) is 5.75 Å². The molecular formula is C23H19F3N6O2S. The fourth-order valence-electron chi connectivity index (χ4n) is 3.11. The molecule has 0 aliphatic carbocycles. The number of amides is 1. The maximum atomic E-state index is 13.0. The molecule has 35 heavy (non-hydrogen) atoms. The second-order valence-electron chi connectivity index (χ2n) is 7.16. The standard InChI is InChI=1S/C23H19F3N6O2S/c1-2-15-4-6-16(7-5-15)29-21(33)20-19(14-35-22-27-12-3-13-28-22)32(31-30-20)17-8-10-18(11-9-17)34-23(24,25)26/h3-13H,2,14H2,1H3,(H,29,33). The third-order valence-corrected chi connectivity index (χ3v) is 5.68. The third-order valence-electron chi connectivity index (χ3n) is 4.79. The summed E-state index contributed by atoms with van der Waals surface area (Å²) < 4.78 is 42.8. The minimum absolute atomic E-state index is 0.0728. The fraction of sp³-hybridized carbons (Fsp3) is 0.174. The topological polar surface area (TPSA) is 94.8 Å².